The molecule has 3 heterocycles. The third-order valence-corrected chi connectivity index (χ3v) is 6.36. The molecule has 0 saturated carbocycles. The van der Waals surface area contributed by atoms with E-state index in [1.807, 2.05) is 35.3 Å². The van der Waals surface area contributed by atoms with Crippen LogP contribution in [-0.2, 0) is 0 Å². The molecule has 3 nitrogen and oxygen atoms in total. The van der Waals surface area contributed by atoms with Gasteiger partial charge in [0, 0.05) is 17.5 Å². The van der Waals surface area contributed by atoms with Gasteiger partial charge in [0.15, 0.2) is 0 Å². The lowest BCUT2D eigenvalue weighted by Gasteiger charge is -2.38. The molecule has 0 saturated heterocycles. The highest BCUT2D eigenvalue weighted by molar-refractivity contribution is 9.11. The summed E-state index contributed by atoms with van der Waals surface area (Å²) in [5, 5.41) is 6.84. The fourth-order valence-corrected chi connectivity index (χ4v) is 4.91. The Hall–Kier alpha value is -2.18. The number of rotatable bonds is 2. The van der Waals surface area contributed by atoms with Gasteiger partial charge < -0.3 is 4.74 Å². The molecule has 130 valence electrons. The molecule has 2 unspecified atom stereocenters. The number of ether oxygens (including phenoxy) is 1. The van der Waals surface area contributed by atoms with Gasteiger partial charge in [-0.3, -0.25) is 0 Å². The van der Waals surface area contributed by atoms with Crippen LogP contribution >= 0.6 is 27.3 Å². The molecule has 0 bridgehead atoms. The monoisotopic (exact) mass is 428 g/mol. The molecule has 2 aliphatic heterocycles. The minimum atomic E-state index is -0.438. The predicted molar refractivity (Wildman–Crippen MR) is 104 cm³/mol. The first-order valence-electron chi connectivity index (χ1n) is 8.31. The number of thiophene rings is 1. The van der Waals surface area contributed by atoms with Gasteiger partial charge >= 0.3 is 0 Å². The van der Waals surface area contributed by atoms with E-state index < -0.39 is 6.23 Å². The van der Waals surface area contributed by atoms with E-state index in [1.165, 1.54) is 12.1 Å². The molecule has 0 fully saturated rings. The Kier molecular flexibility index (Phi) is 3.83. The minimum Gasteiger partial charge on any atom is -0.464 e. The van der Waals surface area contributed by atoms with Crippen LogP contribution in [0.1, 0.15) is 34.7 Å². The van der Waals surface area contributed by atoms with Crippen molar-refractivity contribution in [2.45, 2.75) is 18.7 Å². The first kappa shape index (κ1) is 16.0. The second-order valence-electron chi connectivity index (χ2n) is 6.31. The molecule has 2 aromatic carbocycles. The first-order chi connectivity index (χ1) is 12.7. The van der Waals surface area contributed by atoms with Crippen molar-refractivity contribution in [3.63, 3.8) is 0 Å². The average Bonchev–Trinajstić information content (AvgIpc) is 3.27. The summed E-state index contributed by atoms with van der Waals surface area (Å²) in [7, 11) is 0. The summed E-state index contributed by atoms with van der Waals surface area (Å²) < 4.78 is 21.1. The van der Waals surface area contributed by atoms with Crippen LogP contribution in [-0.4, -0.2) is 10.7 Å². The van der Waals surface area contributed by atoms with Crippen LogP contribution in [0.3, 0.4) is 0 Å². The first-order valence-corrected chi connectivity index (χ1v) is 9.92. The van der Waals surface area contributed by atoms with Crippen LogP contribution in [0.5, 0.6) is 5.75 Å². The van der Waals surface area contributed by atoms with Crippen molar-refractivity contribution < 1.29 is 9.13 Å². The topological polar surface area (TPSA) is 24.8 Å². The van der Waals surface area contributed by atoms with Crippen molar-refractivity contribution in [2.24, 2.45) is 5.10 Å². The predicted octanol–water partition coefficient (Wildman–Crippen LogP) is 5.89. The zero-order valence-electron chi connectivity index (χ0n) is 13.6. The molecule has 6 heteroatoms. The van der Waals surface area contributed by atoms with E-state index in [1.54, 1.807) is 17.4 Å². The smallest absolute Gasteiger partial charge is 0.213 e. The van der Waals surface area contributed by atoms with Crippen LogP contribution in [0, 0.1) is 5.82 Å². The van der Waals surface area contributed by atoms with Gasteiger partial charge in [0.25, 0.3) is 0 Å². The van der Waals surface area contributed by atoms with E-state index in [0.29, 0.717) is 0 Å². The molecule has 2 atom stereocenters. The third-order valence-electron chi connectivity index (χ3n) is 4.69. The number of benzene rings is 2. The van der Waals surface area contributed by atoms with Gasteiger partial charge in [-0.15, -0.1) is 11.3 Å². The quantitative estimate of drug-likeness (QED) is 0.507. The molecule has 2 aliphatic rings. The SMILES string of the molecule is Fc1cccc(C2Oc3ccccc3C3CC(c4ccc(Br)s4)=NN32)c1. The van der Waals surface area contributed by atoms with Crippen LogP contribution < -0.4 is 4.74 Å². The van der Waals surface area contributed by atoms with E-state index >= 15 is 0 Å². The molecule has 0 radical (unpaired) electrons. The van der Waals surface area contributed by atoms with Gasteiger partial charge in [0.2, 0.25) is 6.23 Å². The van der Waals surface area contributed by atoms with E-state index in [0.717, 1.165) is 37.7 Å². The molecule has 0 aliphatic carbocycles. The molecule has 0 N–H and O–H groups in total. The fraction of sp³-hybridized carbons (Fsp3) is 0.150. The van der Waals surface area contributed by atoms with Crippen LogP contribution in [0.4, 0.5) is 4.39 Å². The molecule has 26 heavy (non-hydrogen) atoms. The molecular formula is C20H14BrFN2OS. The van der Waals surface area contributed by atoms with Gasteiger partial charge in [0.1, 0.15) is 11.6 Å². The molecule has 0 spiro atoms. The minimum absolute atomic E-state index is 0.0871. The Morgan fingerprint density at radius 2 is 2.00 bits per heavy atom. The molecule has 0 amide bonds. The maximum atomic E-state index is 13.8. The zero-order chi connectivity index (χ0) is 17.7. The maximum Gasteiger partial charge on any atom is 0.213 e. The maximum absolute atomic E-state index is 13.8. The van der Waals surface area contributed by atoms with E-state index in [2.05, 4.69) is 28.1 Å². The normalized spacial score (nSPS) is 21.0. The summed E-state index contributed by atoms with van der Waals surface area (Å²) in [5.41, 5.74) is 2.92. The highest BCUT2D eigenvalue weighted by Gasteiger charge is 2.41. The lowest BCUT2D eigenvalue weighted by Crippen LogP contribution is -2.33. The van der Waals surface area contributed by atoms with Crippen molar-refractivity contribution in [3.05, 3.63) is 86.3 Å². The zero-order valence-corrected chi connectivity index (χ0v) is 16.0. The van der Waals surface area contributed by atoms with Gasteiger partial charge in [-0.25, -0.2) is 9.40 Å². The highest BCUT2D eigenvalue weighted by Crippen LogP contribution is 2.47. The molecule has 5 rings (SSSR count). The Balaban J connectivity index is 1.61. The summed E-state index contributed by atoms with van der Waals surface area (Å²) >= 11 is 5.19. The Labute approximate surface area is 162 Å². The second-order valence-corrected chi connectivity index (χ2v) is 8.78. The van der Waals surface area contributed by atoms with Crippen molar-refractivity contribution in [1.82, 2.24) is 5.01 Å². The highest BCUT2D eigenvalue weighted by atomic mass is 79.9. The summed E-state index contributed by atoms with van der Waals surface area (Å²) in [5.74, 6) is 0.568. The van der Waals surface area contributed by atoms with Gasteiger partial charge in [0.05, 0.1) is 20.4 Å². The lowest BCUT2D eigenvalue weighted by atomic mass is 9.98. The number of hydrogen-bond donors (Lipinski definition) is 0. The van der Waals surface area contributed by atoms with Crippen molar-refractivity contribution in [2.75, 3.05) is 0 Å². The third kappa shape index (κ3) is 2.64. The van der Waals surface area contributed by atoms with E-state index in [-0.39, 0.29) is 11.9 Å². The fourth-order valence-electron chi connectivity index (χ4n) is 3.53. The number of fused-ring (bicyclic) bond motifs is 3. The number of halogens is 2. The Morgan fingerprint density at radius 3 is 2.81 bits per heavy atom. The van der Waals surface area contributed by atoms with Gasteiger partial charge in [-0.2, -0.15) is 5.10 Å². The number of hydrogen-bond acceptors (Lipinski definition) is 4. The van der Waals surface area contributed by atoms with E-state index in [9.17, 15) is 4.39 Å². The summed E-state index contributed by atoms with van der Waals surface area (Å²) in [4.78, 5) is 1.14. The van der Waals surface area contributed by atoms with Crippen molar-refractivity contribution >= 4 is 33.0 Å². The van der Waals surface area contributed by atoms with Gasteiger partial charge in [-0.1, -0.05) is 30.3 Å². The molecule has 3 aromatic rings. The van der Waals surface area contributed by atoms with Crippen molar-refractivity contribution in [3.8, 4) is 5.75 Å². The number of nitrogens with zero attached hydrogens (tertiary/aromatic N) is 2. The molecule has 1 aromatic heterocycles. The Bertz CT molecular complexity index is 1020. The largest absolute Gasteiger partial charge is 0.464 e. The lowest BCUT2D eigenvalue weighted by molar-refractivity contribution is -0.0192. The summed E-state index contributed by atoms with van der Waals surface area (Å²) in [6, 6.07) is 18.8. The summed E-state index contributed by atoms with van der Waals surface area (Å²) in [6.45, 7) is 0. The van der Waals surface area contributed by atoms with Gasteiger partial charge in [-0.05, 0) is 46.3 Å². The molecular weight excluding hydrogens is 415 g/mol. The van der Waals surface area contributed by atoms with Crippen LogP contribution in [0.2, 0.25) is 0 Å². The van der Waals surface area contributed by atoms with E-state index in [4.69, 9.17) is 9.84 Å². The summed E-state index contributed by atoms with van der Waals surface area (Å²) in [6.07, 6.45) is 0.366. The van der Waals surface area contributed by atoms with Crippen molar-refractivity contribution in [1.29, 1.82) is 0 Å². The van der Waals surface area contributed by atoms with Crippen LogP contribution in [0.15, 0.2) is 69.6 Å². The standard InChI is InChI=1S/C20H14BrFN2OS/c21-19-9-8-18(26-19)15-11-16-14-6-1-2-7-17(14)25-20(24(16)23-15)12-4-3-5-13(22)10-12/h1-10,16,20H,11H2. The number of para-hydroxylation sites is 1. The van der Waals surface area contributed by atoms with Crippen LogP contribution in [0.25, 0.3) is 0 Å². The number of hydrazone groups is 1. The Morgan fingerprint density at radius 1 is 1.12 bits per heavy atom. The average molecular weight is 429 g/mol. The second kappa shape index (κ2) is 6.21.